The van der Waals surface area contributed by atoms with Gasteiger partial charge >= 0.3 is 0 Å². The van der Waals surface area contributed by atoms with Gasteiger partial charge in [-0.15, -0.1) is 0 Å². The third-order valence-electron chi connectivity index (χ3n) is 5.57. The number of rotatable bonds is 6. The zero-order valence-electron chi connectivity index (χ0n) is 18.5. The number of aromatic nitrogens is 1. The maximum Gasteiger partial charge on any atom is 0.208 e. The molecule has 0 spiro atoms. The maximum absolute atomic E-state index is 15.8. The minimum atomic E-state index is -3.96. The van der Waals surface area contributed by atoms with E-state index >= 15 is 4.39 Å². The van der Waals surface area contributed by atoms with Crippen molar-refractivity contribution in [3.8, 4) is 22.4 Å². The zero-order valence-corrected chi connectivity index (χ0v) is 21.7. The van der Waals surface area contributed by atoms with Crippen LogP contribution in [-0.4, -0.2) is 13.4 Å². The molecule has 0 saturated carbocycles. The Balaban J connectivity index is 1.87. The van der Waals surface area contributed by atoms with E-state index in [1.807, 2.05) is 6.92 Å². The lowest BCUT2D eigenvalue weighted by Crippen LogP contribution is -2.04. The summed E-state index contributed by atoms with van der Waals surface area (Å²) in [6.45, 7) is 5.44. The van der Waals surface area contributed by atoms with E-state index in [0.29, 0.717) is 12.1 Å². The molecule has 0 saturated heterocycles. The lowest BCUT2D eigenvalue weighted by atomic mass is 9.99. The van der Waals surface area contributed by atoms with Crippen molar-refractivity contribution in [3.05, 3.63) is 106 Å². The fraction of sp³-hybridized carbons (Fsp3) is 0.0741. The summed E-state index contributed by atoms with van der Waals surface area (Å²) in [5.41, 5.74) is 1.21. The van der Waals surface area contributed by atoms with Crippen molar-refractivity contribution in [3.63, 3.8) is 0 Å². The predicted octanol–water partition coefficient (Wildman–Crippen LogP) is 8.15. The summed E-state index contributed by atoms with van der Waals surface area (Å²) < 4.78 is 57.6. The fourth-order valence-corrected chi connectivity index (χ4v) is 5.95. The molecule has 1 aromatic heterocycles. The van der Waals surface area contributed by atoms with Crippen LogP contribution in [0.15, 0.2) is 87.6 Å². The van der Waals surface area contributed by atoms with Gasteiger partial charge in [-0.05, 0) is 42.8 Å². The second-order valence-corrected chi connectivity index (χ2v) is 10.9. The molecule has 8 heteroatoms. The van der Waals surface area contributed by atoms with Crippen molar-refractivity contribution in [2.24, 2.45) is 0 Å². The van der Waals surface area contributed by atoms with E-state index in [1.54, 1.807) is 18.2 Å². The number of sulfone groups is 1. The Labute approximate surface area is 216 Å². The molecule has 178 valence electrons. The zero-order chi connectivity index (χ0) is 25.3. The Kier molecular flexibility index (Phi) is 7.22. The third-order valence-corrected chi connectivity index (χ3v) is 8.43. The van der Waals surface area contributed by atoms with Crippen LogP contribution >= 0.6 is 27.5 Å². The van der Waals surface area contributed by atoms with Gasteiger partial charge in [0.1, 0.15) is 11.6 Å². The van der Waals surface area contributed by atoms with Gasteiger partial charge in [0.25, 0.3) is 0 Å². The maximum atomic E-state index is 15.8. The van der Waals surface area contributed by atoms with Crippen molar-refractivity contribution < 1.29 is 17.2 Å². The molecule has 1 heterocycles. The van der Waals surface area contributed by atoms with E-state index in [0.717, 1.165) is 10.5 Å². The van der Waals surface area contributed by atoms with Crippen LogP contribution in [0.3, 0.4) is 0 Å². The number of aryl methyl sites for hydroxylation is 1. The molecule has 3 aromatic carbocycles. The minimum absolute atomic E-state index is 0.0584. The van der Waals surface area contributed by atoms with E-state index < -0.39 is 21.5 Å². The van der Waals surface area contributed by atoms with E-state index in [4.69, 9.17) is 11.6 Å². The quantitative estimate of drug-likeness (QED) is 0.233. The molecule has 0 unspecified atom stereocenters. The summed E-state index contributed by atoms with van der Waals surface area (Å²) >= 11 is 9.83. The molecular formula is C27H19BrClF2NO2S. The standard InChI is InChI=1S/C27H19BrClF2NO2S/c1-3-18-22(30)15-24(32-23(18)4-2)21-9-5-8-20(27(21)31)19-7-6-10-25(26(19)29)35(33,34)17-13-11-16(28)12-14-17/h3,5-15H,1,4H2,2H3. The lowest BCUT2D eigenvalue weighted by Gasteiger charge is -2.14. The van der Waals surface area contributed by atoms with Crippen molar-refractivity contribution in [1.29, 1.82) is 0 Å². The smallest absolute Gasteiger partial charge is 0.208 e. The highest BCUT2D eigenvalue weighted by Gasteiger charge is 2.24. The highest BCUT2D eigenvalue weighted by Crippen LogP contribution is 2.39. The Morgan fingerprint density at radius 2 is 1.63 bits per heavy atom. The van der Waals surface area contributed by atoms with Crippen LogP contribution in [0, 0.1) is 11.6 Å². The molecule has 4 aromatic rings. The third kappa shape index (κ3) is 4.68. The predicted molar refractivity (Wildman–Crippen MR) is 139 cm³/mol. The van der Waals surface area contributed by atoms with E-state index in [2.05, 4.69) is 27.5 Å². The number of pyridine rings is 1. The molecule has 35 heavy (non-hydrogen) atoms. The van der Waals surface area contributed by atoms with Gasteiger partial charge in [-0.2, -0.15) is 0 Å². The summed E-state index contributed by atoms with van der Waals surface area (Å²) in [7, 11) is -3.96. The number of hydrogen-bond donors (Lipinski definition) is 0. The largest absolute Gasteiger partial charge is 0.252 e. The molecular weight excluding hydrogens is 556 g/mol. The second kappa shape index (κ2) is 10.0. The molecule has 0 bridgehead atoms. The fourth-order valence-electron chi connectivity index (χ4n) is 3.80. The summed E-state index contributed by atoms with van der Waals surface area (Å²) in [6, 6.07) is 16.3. The Morgan fingerprint density at radius 3 is 2.29 bits per heavy atom. The molecule has 0 aliphatic carbocycles. The first-order valence-corrected chi connectivity index (χ1v) is 13.2. The Bertz CT molecular complexity index is 1550. The highest BCUT2D eigenvalue weighted by atomic mass is 79.9. The van der Waals surface area contributed by atoms with Gasteiger partial charge < -0.3 is 0 Å². The van der Waals surface area contributed by atoms with E-state index in [1.165, 1.54) is 48.5 Å². The SMILES string of the molecule is C=Cc1c(F)cc(-c2cccc(-c3cccc(S(=O)(=O)c4ccc(Br)cc4)c3Cl)c2F)nc1CC. The van der Waals surface area contributed by atoms with Crippen LogP contribution in [0.4, 0.5) is 8.78 Å². The van der Waals surface area contributed by atoms with Gasteiger partial charge in [-0.1, -0.05) is 71.4 Å². The molecule has 0 aliphatic rings. The molecule has 0 aliphatic heterocycles. The van der Waals surface area contributed by atoms with Crippen molar-refractivity contribution in [2.75, 3.05) is 0 Å². The average molecular weight is 575 g/mol. The lowest BCUT2D eigenvalue weighted by molar-refractivity contribution is 0.596. The average Bonchev–Trinajstić information content (AvgIpc) is 2.84. The minimum Gasteiger partial charge on any atom is -0.252 e. The normalized spacial score (nSPS) is 11.5. The van der Waals surface area contributed by atoms with Crippen LogP contribution in [0.2, 0.25) is 5.02 Å². The van der Waals surface area contributed by atoms with Gasteiger partial charge in [0.2, 0.25) is 9.84 Å². The molecule has 0 amide bonds. The first kappa shape index (κ1) is 25.2. The van der Waals surface area contributed by atoms with Gasteiger partial charge in [-0.25, -0.2) is 17.2 Å². The van der Waals surface area contributed by atoms with Crippen LogP contribution < -0.4 is 0 Å². The first-order valence-electron chi connectivity index (χ1n) is 10.6. The summed E-state index contributed by atoms with van der Waals surface area (Å²) in [4.78, 5) is 4.35. The Hall–Kier alpha value is -2.87. The number of hydrogen-bond acceptors (Lipinski definition) is 3. The molecule has 0 N–H and O–H groups in total. The first-order chi connectivity index (χ1) is 16.7. The number of nitrogens with zero attached hydrogens (tertiary/aromatic N) is 1. The van der Waals surface area contributed by atoms with Gasteiger partial charge in [-0.3, -0.25) is 4.98 Å². The van der Waals surface area contributed by atoms with Crippen LogP contribution in [0.25, 0.3) is 28.5 Å². The van der Waals surface area contributed by atoms with Crippen molar-refractivity contribution in [1.82, 2.24) is 4.98 Å². The molecule has 0 fully saturated rings. The van der Waals surface area contributed by atoms with Gasteiger partial charge in [0.05, 0.1) is 26.2 Å². The summed E-state index contributed by atoms with van der Waals surface area (Å²) in [5.74, 6) is -1.24. The topological polar surface area (TPSA) is 47.0 Å². The van der Waals surface area contributed by atoms with Crippen LogP contribution in [0.5, 0.6) is 0 Å². The van der Waals surface area contributed by atoms with Crippen molar-refractivity contribution in [2.45, 2.75) is 23.1 Å². The molecule has 3 nitrogen and oxygen atoms in total. The summed E-state index contributed by atoms with van der Waals surface area (Å²) in [5, 5.41) is -0.109. The van der Waals surface area contributed by atoms with Crippen LogP contribution in [-0.2, 0) is 16.3 Å². The van der Waals surface area contributed by atoms with Gasteiger partial charge in [0, 0.05) is 32.8 Å². The number of benzene rings is 3. The number of halogens is 4. The summed E-state index contributed by atoms with van der Waals surface area (Å²) in [6.07, 6.45) is 1.82. The van der Waals surface area contributed by atoms with E-state index in [9.17, 15) is 12.8 Å². The highest BCUT2D eigenvalue weighted by molar-refractivity contribution is 9.10. The van der Waals surface area contributed by atoms with Crippen LogP contribution in [0.1, 0.15) is 18.2 Å². The Morgan fingerprint density at radius 1 is 1.00 bits per heavy atom. The second-order valence-electron chi connectivity index (χ2n) is 7.65. The van der Waals surface area contributed by atoms with E-state index in [-0.39, 0.29) is 42.8 Å². The molecule has 0 radical (unpaired) electrons. The molecule has 0 atom stereocenters. The monoisotopic (exact) mass is 573 g/mol. The van der Waals surface area contributed by atoms with Crippen molar-refractivity contribution >= 4 is 43.4 Å². The van der Waals surface area contributed by atoms with Gasteiger partial charge in [0.15, 0.2) is 0 Å². The molecule has 4 rings (SSSR count).